The molecule has 1 unspecified atom stereocenters. The zero-order valence-corrected chi connectivity index (χ0v) is 12.8. The summed E-state index contributed by atoms with van der Waals surface area (Å²) in [6, 6.07) is 0. The van der Waals surface area contributed by atoms with Crippen LogP contribution in [-0.2, 0) is 11.2 Å². The molecule has 1 aliphatic rings. The largest absolute Gasteiger partial charge is 0.368 e. The van der Waals surface area contributed by atoms with Crippen LogP contribution in [0.25, 0.3) is 0 Å². The normalized spacial score (nSPS) is 17.6. The maximum Gasteiger partial charge on any atom is 0.255 e. The van der Waals surface area contributed by atoms with Crippen LogP contribution in [-0.4, -0.2) is 47.4 Å². The average Bonchev–Trinajstić information content (AvgIpc) is 3.18. The fraction of sp³-hybridized carbons (Fsp3) is 0.571. The third-order valence-corrected chi connectivity index (χ3v) is 3.43. The van der Waals surface area contributed by atoms with Crippen LogP contribution in [0.1, 0.15) is 30.7 Å². The Kier molecular flexibility index (Phi) is 4.47. The van der Waals surface area contributed by atoms with E-state index in [2.05, 4.69) is 25.4 Å². The molecule has 0 saturated carbocycles. The fourth-order valence-corrected chi connectivity index (χ4v) is 2.35. The molecule has 2 aromatic rings. The van der Waals surface area contributed by atoms with Gasteiger partial charge in [-0.3, -0.25) is 0 Å². The molecule has 8 nitrogen and oxygen atoms in total. The number of nitrogens with zero attached hydrogens (tertiary/aromatic N) is 5. The van der Waals surface area contributed by atoms with Crippen LogP contribution in [0.15, 0.2) is 16.9 Å². The molecule has 1 fully saturated rings. The Hall–Kier alpha value is -2.22. The number of aromatic nitrogens is 4. The molecule has 8 heteroatoms. The van der Waals surface area contributed by atoms with Crippen LogP contribution in [0.4, 0.5) is 11.6 Å². The monoisotopic (exact) mass is 304 g/mol. The molecule has 1 atom stereocenters. The van der Waals surface area contributed by atoms with Crippen molar-refractivity contribution in [3.63, 3.8) is 0 Å². The summed E-state index contributed by atoms with van der Waals surface area (Å²) in [7, 11) is 3.87. The van der Waals surface area contributed by atoms with Crippen molar-refractivity contribution in [1.82, 2.24) is 20.1 Å². The second kappa shape index (κ2) is 6.69. The topological polar surface area (TPSA) is 89.2 Å². The van der Waals surface area contributed by atoms with Crippen molar-refractivity contribution < 1.29 is 9.26 Å². The molecule has 0 bridgehead atoms. The third kappa shape index (κ3) is 3.33. The predicted octanol–water partition coefficient (Wildman–Crippen LogP) is 1.43. The highest BCUT2D eigenvalue weighted by Crippen LogP contribution is 2.26. The van der Waals surface area contributed by atoms with E-state index < -0.39 is 0 Å². The number of hydrogen-bond acceptors (Lipinski definition) is 8. The number of anilines is 2. The predicted molar refractivity (Wildman–Crippen MR) is 80.8 cm³/mol. The first-order valence-corrected chi connectivity index (χ1v) is 7.40. The molecule has 1 aliphatic heterocycles. The minimum atomic E-state index is -0.0328. The summed E-state index contributed by atoms with van der Waals surface area (Å²) in [6.07, 6.45) is 5.96. The SMILES string of the molecule is CN(C)c1nccnc1NCCc1noc(C2CCCO2)n1. The first kappa shape index (κ1) is 14.7. The Bertz CT molecular complexity index is 609. The molecule has 22 heavy (non-hydrogen) atoms. The van der Waals surface area contributed by atoms with E-state index in [1.807, 2.05) is 19.0 Å². The Labute approximate surface area is 128 Å². The van der Waals surface area contributed by atoms with Gasteiger partial charge in [0.15, 0.2) is 17.5 Å². The van der Waals surface area contributed by atoms with Crippen molar-refractivity contribution in [3.05, 3.63) is 24.1 Å². The lowest BCUT2D eigenvalue weighted by Crippen LogP contribution is -2.16. The maximum absolute atomic E-state index is 5.53. The smallest absolute Gasteiger partial charge is 0.255 e. The van der Waals surface area contributed by atoms with Crippen LogP contribution in [0, 0.1) is 0 Å². The van der Waals surface area contributed by atoms with Crippen LogP contribution in [0.3, 0.4) is 0 Å². The molecular weight excluding hydrogens is 284 g/mol. The van der Waals surface area contributed by atoms with E-state index in [0.717, 1.165) is 31.1 Å². The molecule has 0 aromatic carbocycles. The highest BCUT2D eigenvalue weighted by molar-refractivity contribution is 5.59. The number of rotatable bonds is 6. The average molecular weight is 304 g/mol. The van der Waals surface area contributed by atoms with Gasteiger partial charge in [0.25, 0.3) is 5.89 Å². The second-order valence-corrected chi connectivity index (χ2v) is 5.35. The number of ether oxygens (including phenoxy) is 1. The van der Waals surface area contributed by atoms with Crippen LogP contribution < -0.4 is 10.2 Å². The Morgan fingerprint density at radius 3 is 2.95 bits per heavy atom. The third-order valence-electron chi connectivity index (χ3n) is 3.43. The van der Waals surface area contributed by atoms with Crippen LogP contribution in [0.2, 0.25) is 0 Å². The van der Waals surface area contributed by atoms with Gasteiger partial charge in [-0.25, -0.2) is 9.97 Å². The van der Waals surface area contributed by atoms with Gasteiger partial charge in [0.2, 0.25) is 0 Å². The van der Waals surface area contributed by atoms with Crippen molar-refractivity contribution in [1.29, 1.82) is 0 Å². The Morgan fingerprint density at radius 2 is 2.18 bits per heavy atom. The first-order valence-electron chi connectivity index (χ1n) is 7.40. The quantitative estimate of drug-likeness (QED) is 0.857. The standard InChI is InChI=1S/C14H20N6O2/c1-20(2)13-12(16-7-8-17-13)15-6-5-11-18-14(22-19-11)10-4-3-9-21-10/h7-8,10H,3-6,9H2,1-2H3,(H,15,16). The van der Waals surface area contributed by atoms with E-state index in [4.69, 9.17) is 9.26 Å². The molecule has 0 aliphatic carbocycles. The van der Waals surface area contributed by atoms with E-state index in [-0.39, 0.29) is 6.10 Å². The molecule has 3 heterocycles. The highest BCUT2D eigenvalue weighted by atomic mass is 16.5. The Morgan fingerprint density at radius 1 is 1.32 bits per heavy atom. The molecule has 1 N–H and O–H groups in total. The molecule has 1 saturated heterocycles. The van der Waals surface area contributed by atoms with Gasteiger partial charge in [0.05, 0.1) is 0 Å². The summed E-state index contributed by atoms with van der Waals surface area (Å²) in [5.41, 5.74) is 0. The lowest BCUT2D eigenvalue weighted by atomic mass is 10.2. The second-order valence-electron chi connectivity index (χ2n) is 5.35. The molecule has 0 spiro atoms. The summed E-state index contributed by atoms with van der Waals surface area (Å²) in [6.45, 7) is 1.42. The lowest BCUT2D eigenvalue weighted by Gasteiger charge is -2.15. The van der Waals surface area contributed by atoms with E-state index in [9.17, 15) is 0 Å². The fourth-order valence-electron chi connectivity index (χ4n) is 2.35. The summed E-state index contributed by atoms with van der Waals surface area (Å²) in [5, 5.41) is 7.25. The highest BCUT2D eigenvalue weighted by Gasteiger charge is 2.23. The van der Waals surface area contributed by atoms with Gasteiger partial charge in [-0.2, -0.15) is 4.98 Å². The van der Waals surface area contributed by atoms with Gasteiger partial charge in [0, 0.05) is 46.1 Å². The van der Waals surface area contributed by atoms with E-state index in [1.165, 1.54) is 0 Å². The maximum atomic E-state index is 5.53. The number of nitrogens with one attached hydrogen (secondary N) is 1. The van der Waals surface area contributed by atoms with Crippen molar-refractivity contribution in [3.8, 4) is 0 Å². The summed E-state index contributed by atoms with van der Waals surface area (Å²) < 4.78 is 10.8. The van der Waals surface area contributed by atoms with Crippen molar-refractivity contribution >= 4 is 11.6 Å². The summed E-state index contributed by atoms with van der Waals surface area (Å²) in [5.74, 6) is 2.81. The van der Waals surface area contributed by atoms with E-state index in [0.29, 0.717) is 24.7 Å². The van der Waals surface area contributed by atoms with Crippen LogP contribution >= 0.6 is 0 Å². The van der Waals surface area contributed by atoms with E-state index >= 15 is 0 Å². The minimum Gasteiger partial charge on any atom is -0.368 e. The zero-order valence-electron chi connectivity index (χ0n) is 12.8. The number of hydrogen-bond donors (Lipinski definition) is 1. The van der Waals surface area contributed by atoms with Gasteiger partial charge in [-0.05, 0) is 12.8 Å². The van der Waals surface area contributed by atoms with Gasteiger partial charge < -0.3 is 19.5 Å². The summed E-state index contributed by atoms with van der Waals surface area (Å²) in [4.78, 5) is 14.9. The molecule has 3 rings (SSSR count). The zero-order chi connectivity index (χ0) is 15.4. The van der Waals surface area contributed by atoms with Gasteiger partial charge >= 0.3 is 0 Å². The van der Waals surface area contributed by atoms with Crippen molar-refractivity contribution in [2.75, 3.05) is 37.5 Å². The van der Waals surface area contributed by atoms with Crippen LogP contribution in [0.5, 0.6) is 0 Å². The molecule has 118 valence electrons. The molecular formula is C14H20N6O2. The molecule has 2 aromatic heterocycles. The lowest BCUT2D eigenvalue weighted by molar-refractivity contribution is 0.0835. The van der Waals surface area contributed by atoms with Crippen molar-refractivity contribution in [2.45, 2.75) is 25.4 Å². The molecule has 0 radical (unpaired) electrons. The Balaban J connectivity index is 1.55. The van der Waals surface area contributed by atoms with Gasteiger partial charge in [-0.15, -0.1) is 0 Å². The van der Waals surface area contributed by atoms with Gasteiger partial charge in [0.1, 0.15) is 6.10 Å². The van der Waals surface area contributed by atoms with Crippen molar-refractivity contribution in [2.24, 2.45) is 0 Å². The van der Waals surface area contributed by atoms with Gasteiger partial charge in [-0.1, -0.05) is 5.16 Å². The summed E-state index contributed by atoms with van der Waals surface area (Å²) >= 11 is 0. The molecule has 0 amide bonds. The first-order chi connectivity index (χ1) is 10.7. The van der Waals surface area contributed by atoms with E-state index in [1.54, 1.807) is 12.4 Å². The minimum absolute atomic E-state index is 0.0328.